The van der Waals surface area contributed by atoms with Gasteiger partial charge in [0.1, 0.15) is 11.2 Å². The van der Waals surface area contributed by atoms with Gasteiger partial charge in [-0.2, -0.15) is 0 Å². The standard InChI is InChI=1S/C55H37NO/c1-4-15-38(16-5-1)39-27-31-43(32-28-39)56(44-33-29-40(30-34-44)46-23-14-24-49-48-22-11-13-26-53(48)57-54(46)49)45-35-36-52-50(37-45)47-21-10-12-25-51(47)55(52,41-17-6-2-7-18-41)42-19-8-3-9-20-42/h1-37H. The van der Waals surface area contributed by atoms with Crippen LogP contribution in [0.5, 0.6) is 0 Å². The Bertz CT molecular complexity index is 3000. The molecule has 1 heterocycles. The van der Waals surface area contributed by atoms with Crippen LogP contribution in [0.2, 0.25) is 0 Å². The van der Waals surface area contributed by atoms with Crippen molar-refractivity contribution >= 4 is 39.0 Å². The number of hydrogen-bond acceptors (Lipinski definition) is 2. The molecule has 57 heavy (non-hydrogen) atoms. The molecular formula is C55H37NO. The van der Waals surface area contributed by atoms with Crippen LogP contribution < -0.4 is 4.90 Å². The van der Waals surface area contributed by atoms with Crippen LogP contribution in [0.15, 0.2) is 229 Å². The first-order valence-electron chi connectivity index (χ1n) is 19.6. The second-order valence-corrected chi connectivity index (χ2v) is 14.8. The molecule has 1 aliphatic carbocycles. The summed E-state index contributed by atoms with van der Waals surface area (Å²) in [5, 5.41) is 2.27. The molecule has 0 atom stereocenters. The summed E-state index contributed by atoms with van der Waals surface area (Å²) in [4.78, 5) is 2.38. The number of anilines is 3. The van der Waals surface area contributed by atoms with Crippen LogP contribution in [0, 0.1) is 0 Å². The van der Waals surface area contributed by atoms with Gasteiger partial charge in [-0.25, -0.2) is 0 Å². The molecule has 10 aromatic rings. The maximum atomic E-state index is 6.44. The second kappa shape index (κ2) is 13.4. The molecule has 268 valence electrons. The van der Waals surface area contributed by atoms with Crippen LogP contribution in [0.3, 0.4) is 0 Å². The van der Waals surface area contributed by atoms with Gasteiger partial charge in [-0.3, -0.25) is 0 Å². The number of nitrogens with zero attached hydrogens (tertiary/aromatic N) is 1. The Kier molecular flexibility index (Phi) is 7.75. The number of para-hydroxylation sites is 2. The van der Waals surface area contributed by atoms with Gasteiger partial charge in [0, 0.05) is 33.4 Å². The first kappa shape index (κ1) is 33.0. The van der Waals surface area contributed by atoms with Gasteiger partial charge in [-0.15, -0.1) is 0 Å². The SMILES string of the molecule is c1ccc(-c2ccc(N(c3ccc(-c4cccc5c4oc4ccccc45)cc3)c3ccc4c(c3)-c3ccccc3C4(c3ccccc3)c3ccccc3)cc2)cc1. The van der Waals surface area contributed by atoms with E-state index < -0.39 is 5.41 Å². The van der Waals surface area contributed by atoms with E-state index in [-0.39, 0.29) is 0 Å². The lowest BCUT2D eigenvalue weighted by Crippen LogP contribution is -2.28. The summed E-state index contributed by atoms with van der Waals surface area (Å²) in [6.07, 6.45) is 0. The molecule has 0 aliphatic heterocycles. The van der Waals surface area contributed by atoms with Gasteiger partial charge in [-0.05, 0) is 92.5 Å². The molecule has 2 heteroatoms. The van der Waals surface area contributed by atoms with E-state index in [4.69, 9.17) is 4.42 Å². The smallest absolute Gasteiger partial charge is 0.143 e. The molecule has 11 rings (SSSR count). The molecule has 0 fully saturated rings. The second-order valence-electron chi connectivity index (χ2n) is 14.8. The van der Waals surface area contributed by atoms with Gasteiger partial charge >= 0.3 is 0 Å². The summed E-state index contributed by atoms with van der Waals surface area (Å²) in [5.41, 5.74) is 16.8. The van der Waals surface area contributed by atoms with Gasteiger partial charge in [0.2, 0.25) is 0 Å². The fourth-order valence-electron chi connectivity index (χ4n) is 9.22. The summed E-state index contributed by atoms with van der Waals surface area (Å²) in [6.45, 7) is 0. The quantitative estimate of drug-likeness (QED) is 0.163. The van der Waals surface area contributed by atoms with Crippen molar-refractivity contribution in [2.75, 3.05) is 4.90 Å². The molecular weight excluding hydrogens is 691 g/mol. The van der Waals surface area contributed by atoms with Crippen molar-refractivity contribution in [2.24, 2.45) is 0 Å². The zero-order chi connectivity index (χ0) is 37.8. The lowest BCUT2D eigenvalue weighted by molar-refractivity contribution is 0.670. The third-order valence-electron chi connectivity index (χ3n) is 11.8. The average molecular weight is 728 g/mol. The van der Waals surface area contributed by atoms with Crippen LogP contribution in [-0.4, -0.2) is 0 Å². The molecule has 0 radical (unpaired) electrons. The largest absolute Gasteiger partial charge is 0.455 e. The third-order valence-corrected chi connectivity index (χ3v) is 11.8. The van der Waals surface area contributed by atoms with Crippen molar-refractivity contribution in [3.8, 4) is 33.4 Å². The van der Waals surface area contributed by atoms with Gasteiger partial charge in [0.25, 0.3) is 0 Å². The van der Waals surface area contributed by atoms with E-state index in [0.717, 1.165) is 50.1 Å². The Labute approximate surface area is 332 Å². The van der Waals surface area contributed by atoms with Gasteiger partial charge in [-0.1, -0.05) is 182 Å². The molecule has 1 aliphatic rings. The molecule has 0 N–H and O–H groups in total. The molecule has 0 spiro atoms. The lowest BCUT2D eigenvalue weighted by atomic mass is 9.68. The van der Waals surface area contributed by atoms with E-state index in [1.165, 1.54) is 44.5 Å². The highest BCUT2D eigenvalue weighted by Gasteiger charge is 2.46. The van der Waals surface area contributed by atoms with Gasteiger partial charge in [0.05, 0.1) is 5.41 Å². The van der Waals surface area contributed by atoms with Crippen LogP contribution in [0.1, 0.15) is 22.3 Å². The molecule has 0 unspecified atom stereocenters. The molecule has 0 saturated carbocycles. The minimum atomic E-state index is -0.450. The van der Waals surface area contributed by atoms with E-state index in [1.54, 1.807) is 0 Å². The molecule has 0 bridgehead atoms. The zero-order valence-electron chi connectivity index (χ0n) is 31.2. The highest BCUT2D eigenvalue weighted by Crippen LogP contribution is 2.57. The highest BCUT2D eigenvalue weighted by molar-refractivity contribution is 6.09. The summed E-state index contributed by atoms with van der Waals surface area (Å²) < 4.78 is 6.44. The highest BCUT2D eigenvalue weighted by atomic mass is 16.3. The summed E-state index contributed by atoms with van der Waals surface area (Å²) in [5.74, 6) is 0. The Morgan fingerprint density at radius 2 is 0.842 bits per heavy atom. The molecule has 2 nitrogen and oxygen atoms in total. The fraction of sp³-hybridized carbons (Fsp3) is 0.0182. The number of rotatable bonds is 7. The molecule has 1 aromatic heterocycles. The minimum absolute atomic E-state index is 0.450. The number of fused-ring (bicyclic) bond motifs is 6. The topological polar surface area (TPSA) is 16.4 Å². The van der Waals surface area contributed by atoms with E-state index in [2.05, 4.69) is 217 Å². The van der Waals surface area contributed by atoms with Gasteiger partial charge < -0.3 is 9.32 Å². The Hall–Kier alpha value is -7.42. The third kappa shape index (κ3) is 5.26. The van der Waals surface area contributed by atoms with Crippen molar-refractivity contribution in [1.29, 1.82) is 0 Å². The maximum absolute atomic E-state index is 6.44. The van der Waals surface area contributed by atoms with Crippen LogP contribution in [0.4, 0.5) is 17.1 Å². The summed E-state index contributed by atoms with van der Waals surface area (Å²) in [7, 11) is 0. The Morgan fingerprint density at radius 1 is 0.333 bits per heavy atom. The molecule has 0 amide bonds. The molecule has 0 saturated heterocycles. The number of benzene rings is 9. The summed E-state index contributed by atoms with van der Waals surface area (Å²) in [6, 6.07) is 81.1. The van der Waals surface area contributed by atoms with Crippen LogP contribution in [0.25, 0.3) is 55.3 Å². The van der Waals surface area contributed by atoms with Crippen molar-refractivity contribution in [3.05, 3.63) is 247 Å². The van der Waals surface area contributed by atoms with E-state index in [9.17, 15) is 0 Å². The first-order valence-corrected chi connectivity index (χ1v) is 19.6. The first-order chi connectivity index (χ1) is 28.3. The minimum Gasteiger partial charge on any atom is -0.455 e. The van der Waals surface area contributed by atoms with Crippen molar-refractivity contribution < 1.29 is 4.42 Å². The van der Waals surface area contributed by atoms with E-state index in [1.807, 2.05) is 12.1 Å². The van der Waals surface area contributed by atoms with Crippen molar-refractivity contribution in [1.82, 2.24) is 0 Å². The maximum Gasteiger partial charge on any atom is 0.143 e. The van der Waals surface area contributed by atoms with E-state index >= 15 is 0 Å². The average Bonchev–Trinajstić information content (AvgIpc) is 3.82. The number of hydrogen-bond donors (Lipinski definition) is 0. The monoisotopic (exact) mass is 727 g/mol. The van der Waals surface area contributed by atoms with Crippen LogP contribution >= 0.6 is 0 Å². The van der Waals surface area contributed by atoms with Crippen molar-refractivity contribution in [3.63, 3.8) is 0 Å². The Morgan fingerprint density at radius 3 is 1.54 bits per heavy atom. The Balaban J connectivity index is 1.08. The fourth-order valence-corrected chi connectivity index (χ4v) is 9.22. The van der Waals surface area contributed by atoms with Crippen molar-refractivity contribution in [2.45, 2.75) is 5.41 Å². The van der Waals surface area contributed by atoms with Gasteiger partial charge in [0.15, 0.2) is 0 Å². The van der Waals surface area contributed by atoms with Crippen LogP contribution in [-0.2, 0) is 5.41 Å². The predicted octanol–water partition coefficient (Wildman–Crippen LogP) is 14.8. The summed E-state index contributed by atoms with van der Waals surface area (Å²) >= 11 is 0. The zero-order valence-corrected chi connectivity index (χ0v) is 31.2. The molecule has 9 aromatic carbocycles. The number of furan rings is 1. The lowest BCUT2D eigenvalue weighted by Gasteiger charge is -2.34. The normalized spacial score (nSPS) is 12.7. The van der Waals surface area contributed by atoms with E-state index in [0.29, 0.717) is 0 Å². The predicted molar refractivity (Wildman–Crippen MR) is 237 cm³/mol.